The summed E-state index contributed by atoms with van der Waals surface area (Å²) in [6.45, 7) is 2.53. The number of esters is 1. The molecule has 0 atom stereocenters. The van der Waals surface area contributed by atoms with Crippen LogP contribution in [0.1, 0.15) is 18.1 Å². The Labute approximate surface area is 153 Å². The maximum absolute atomic E-state index is 11.8. The predicted molar refractivity (Wildman–Crippen MR) is 97.1 cm³/mol. The Hall–Kier alpha value is -3.02. The summed E-state index contributed by atoms with van der Waals surface area (Å²) in [4.78, 5) is 23.6. The normalized spacial score (nSPS) is 10.1. The van der Waals surface area contributed by atoms with Crippen LogP contribution in [0.25, 0.3) is 0 Å². The van der Waals surface area contributed by atoms with Gasteiger partial charge >= 0.3 is 5.97 Å². The van der Waals surface area contributed by atoms with Crippen LogP contribution in [0.15, 0.2) is 48.5 Å². The molecule has 1 N–H and O–H groups in total. The highest BCUT2D eigenvalue weighted by Crippen LogP contribution is 2.13. The van der Waals surface area contributed by atoms with Gasteiger partial charge in [0.15, 0.2) is 6.61 Å². The van der Waals surface area contributed by atoms with E-state index in [1.165, 1.54) is 0 Å². The maximum Gasteiger partial charge on any atom is 0.310 e. The summed E-state index contributed by atoms with van der Waals surface area (Å²) in [5.41, 5.74) is 1.70. The molecule has 6 nitrogen and oxygen atoms in total. The van der Waals surface area contributed by atoms with Crippen molar-refractivity contribution in [3.8, 4) is 11.5 Å². The zero-order valence-corrected chi connectivity index (χ0v) is 15.0. The second-order valence-electron chi connectivity index (χ2n) is 5.54. The third-order valence-corrected chi connectivity index (χ3v) is 3.57. The topological polar surface area (TPSA) is 73.9 Å². The van der Waals surface area contributed by atoms with E-state index in [9.17, 15) is 9.59 Å². The van der Waals surface area contributed by atoms with Crippen LogP contribution in [0.4, 0.5) is 0 Å². The number of ether oxygens (including phenoxy) is 3. The molecule has 0 saturated carbocycles. The zero-order valence-electron chi connectivity index (χ0n) is 15.0. The number of rotatable bonds is 9. The van der Waals surface area contributed by atoms with Gasteiger partial charge in [0.25, 0.3) is 5.91 Å². The first-order chi connectivity index (χ1) is 12.6. The van der Waals surface area contributed by atoms with Crippen LogP contribution in [0.5, 0.6) is 11.5 Å². The van der Waals surface area contributed by atoms with E-state index >= 15 is 0 Å². The first kappa shape index (κ1) is 19.3. The van der Waals surface area contributed by atoms with Gasteiger partial charge in [0.1, 0.15) is 11.5 Å². The average Bonchev–Trinajstić information content (AvgIpc) is 2.66. The molecule has 0 fully saturated rings. The standard InChI is InChI=1S/C20H23NO5/c1-3-25-17-9-7-15(8-10-17)12-20(23)26-14-19(22)21-13-16-5-4-6-18(11-16)24-2/h4-11H,3,12-14H2,1-2H3,(H,21,22). The number of amides is 1. The van der Waals surface area contributed by atoms with E-state index in [0.717, 1.165) is 22.6 Å². The zero-order chi connectivity index (χ0) is 18.8. The second-order valence-corrected chi connectivity index (χ2v) is 5.54. The van der Waals surface area contributed by atoms with Crippen molar-refractivity contribution >= 4 is 11.9 Å². The summed E-state index contributed by atoms with van der Waals surface area (Å²) in [7, 11) is 1.58. The maximum atomic E-state index is 11.8. The SMILES string of the molecule is CCOc1ccc(CC(=O)OCC(=O)NCc2cccc(OC)c2)cc1. The average molecular weight is 357 g/mol. The van der Waals surface area contributed by atoms with E-state index in [-0.39, 0.29) is 18.9 Å². The quantitative estimate of drug-likeness (QED) is 0.698. The molecule has 2 aromatic rings. The lowest BCUT2D eigenvalue weighted by Gasteiger charge is -2.08. The Kier molecular flexibility index (Phi) is 7.49. The minimum atomic E-state index is -0.453. The Balaban J connectivity index is 1.71. The van der Waals surface area contributed by atoms with Crippen molar-refractivity contribution in [2.75, 3.05) is 20.3 Å². The van der Waals surface area contributed by atoms with Crippen molar-refractivity contribution in [1.29, 1.82) is 0 Å². The fraction of sp³-hybridized carbons (Fsp3) is 0.300. The summed E-state index contributed by atoms with van der Waals surface area (Å²) < 4.78 is 15.5. The first-order valence-electron chi connectivity index (χ1n) is 8.37. The summed E-state index contributed by atoms with van der Waals surface area (Å²) >= 11 is 0. The lowest BCUT2D eigenvalue weighted by molar-refractivity contribution is -0.147. The fourth-order valence-electron chi connectivity index (χ4n) is 2.27. The lowest BCUT2D eigenvalue weighted by atomic mass is 10.1. The van der Waals surface area contributed by atoms with Gasteiger partial charge in [0.2, 0.25) is 0 Å². The molecule has 0 aliphatic heterocycles. The van der Waals surface area contributed by atoms with E-state index in [1.807, 2.05) is 31.2 Å². The van der Waals surface area contributed by atoms with Gasteiger partial charge < -0.3 is 19.5 Å². The molecule has 0 radical (unpaired) electrons. The largest absolute Gasteiger partial charge is 0.497 e. The van der Waals surface area contributed by atoms with Gasteiger partial charge in [-0.25, -0.2) is 0 Å². The molecule has 0 aliphatic carbocycles. The summed E-state index contributed by atoms with van der Waals surface area (Å²) in [6.07, 6.45) is 0.107. The van der Waals surface area contributed by atoms with E-state index in [1.54, 1.807) is 31.4 Å². The van der Waals surface area contributed by atoms with Gasteiger partial charge in [0.05, 0.1) is 20.1 Å². The molecule has 2 aromatic carbocycles. The van der Waals surface area contributed by atoms with E-state index < -0.39 is 5.97 Å². The van der Waals surface area contributed by atoms with Crippen LogP contribution < -0.4 is 14.8 Å². The second kappa shape index (κ2) is 10.1. The van der Waals surface area contributed by atoms with Crippen LogP contribution in [-0.2, 0) is 27.3 Å². The van der Waals surface area contributed by atoms with E-state index in [0.29, 0.717) is 13.2 Å². The number of hydrogen-bond donors (Lipinski definition) is 1. The number of carbonyl (C=O) groups is 2. The first-order valence-corrected chi connectivity index (χ1v) is 8.37. The summed E-state index contributed by atoms with van der Waals surface area (Å²) in [6, 6.07) is 14.6. The smallest absolute Gasteiger partial charge is 0.310 e. The van der Waals surface area contributed by atoms with Gasteiger partial charge in [0, 0.05) is 6.54 Å². The molecule has 0 saturated heterocycles. The number of carbonyl (C=O) groups excluding carboxylic acids is 2. The minimum absolute atomic E-state index is 0.107. The molecular formula is C20H23NO5. The summed E-state index contributed by atoms with van der Waals surface area (Å²) in [5.74, 6) is 0.665. The highest BCUT2D eigenvalue weighted by atomic mass is 16.5. The van der Waals surface area contributed by atoms with Crippen LogP contribution in [0.3, 0.4) is 0 Å². The molecule has 0 unspecified atom stereocenters. The van der Waals surface area contributed by atoms with E-state index in [4.69, 9.17) is 14.2 Å². The lowest BCUT2D eigenvalue weighted by Crippen LogP contribution is -2.28. The van der Waals surface area contributed by atoms with Crippen molar-refractivity contribution in [1.82, 2.24) is 5.32 Å². The molecule has 1 amide bonds. The third-order valence-electron chi connectivity index (χ3n) is 3.57. The van der Waals surface area contributed by atoms with Crippen molar-refractivity contribution in [2.24, 2.45) is 0 Å². The van der Waals surface area contributed by atoms with Gasteiger partial charge in [-0.2, -0.15) is 0 Å². The number of nitrogens with one attached hydrogen (secondary N) is 1. The Bertz CT molecular complexity index is 727. The molecule has 0 spiro atoms. The number of methoxy groups -OCH3 is 1. The molecule has 138 valence electrons. The number of benzene rings is 2. The molecule has 0 aliphatic rings. The molecule has 2 rings (SSSR count). The monoisotopic (exact) mass is 357 g/mol. The molecule has 0 bridgehead atoms. The van der Waals surface area contributed by atoms with Crippen LogP contribution in [0, 0.1) is 0 Å². The van der Waals surface area contributed by atoms with Crippen molar-refractivity contribution < 1.29 is 23.8 Å². The Morgan fingerprint density at radius 1 is 1.00 bits per heavy atom. The highest BCUT2D eigenvalue weighted by molar-refractivity contribution is 5.81. The predicted octanol–water partition coefficient (Wildman–Crippen LogP) is 2.50. The van der Waals surface area contributed by atoms with Crippen LogP contribution in [0.2, 0.25) is 0 Å². The van der Waals surface area contributed by atoms with E-state index in [2.05, 4.69) is 5.32 Å². The molecule has 6 heteroatoms. The van der Waals surface area contributed by atoms with Crippen molar-refractivity contribution in [3.63, 3.8) is 0 Å². The molecule has 26 heavy (non-hydrogen) atoms. The van der Waals surface area contributed by atoms with Gasteiger partial charge in [-0.1, -0.05) is 24.3 Å². The Morgan fingerprint density at radius 3 is 2.46 bits per heavy atom. The molecule has 0 heterocycles. The van der Waals surface area contributed by atoms with Gasteiger partial charge in [-0.3, -0.25) is 9.59 Å². The molecule has 0 aromatic heterocycles. The fourth-order valence-corrected chi connectivity index (χ4v) is 2.27. The van der Waals surface area contributed by atoms with Crippen molar-refractivity contribution in [2.45, 2.75) is 19.9 Å². The number of hydrogen-bond acceptors (Lipinski definition) is 5. The summed E-state index contributed by atoms with van der Waals surface area (Å²) in [5, 5.41) is 2.70. The van der Waals surface area contributed by atoms with Gasteiger partial charge in [-0.15, -0.1) is 0 Å². The Morgan fingerprint density at radius 2 is 1.77 bits per heavy atom. The molecular weight excluding hydrogens is 334 g/mol. The van der Waals surface area contributed by atoms with Crippen LogP contribution in [-0.4, -0.2) is 32.2 Å². The van der Waals surface area contributed by atoms with Crippen LogP contribution >= 0.6 is 0 Å². The minimum Gasteiger partial charge on any atom is -0.497 e. The highest BCUT2D eigenvalue weighted by Gasteiger charge is 2.09. The van der Waals surface area contributed by atoms with Crippen molar-refractivity contribution in [3.05, 3.63) is 59.7 Å². The third kappa shape index (κ3) is 6.47. The van der Waals surface area contributed by atoms with Gasteiger partial charge in [-0.05, 0) is 42.3 Å².